The molecule has 2 rings (SSSR count). The highest BCUT2D eigenvalue weighted by Gasteiger charge is 2.53. The zero-order chi connectivity index (χ0) is 14.9. The standard InChI is InChI=1S/C14H23NO5/c1-14(2)15(13(18)19)10(11(20-14)12(16)17)8-9-6-4-3-5-7-9/h9-11H,3-8H2,1-2H3,(H,16,17)(H,18,19)/t10-,11+/m0/s1. The van der Waals surface area contributed by atoms with Gasteiger partial charge in [0.1, 0.15) is 5.72 Å². The summed E-state index contributed by atoms with van der Waals surface area (Å²) in [6, 6.07) is -0.594. The Labute approximate surface area is 118 Å². The first-order valence-corrected chi connectivity index (χ1v) is 7.26. The fourth-order valence-electron chi connectivity index (χ4n) is 3.56. The minimum absolute atomic E-state index is 0.398. The van der Waals surface area contributed by atoms with Crippen molar-refractivity contribution in [3.63, 3.8) is 0 Å². The molecule has 114 valence electrons. The lowest BCUT2D eigenvalue weighted by Gasteiger charge is -2.33. The summed E-state index contributed by atoms with van der Waals surface area (Å²) in [5, 5.41) is 18.7. The summed E-state index contributed by atoms with van der Waals surface area (Å²) in [5.74, 6) is -0.683. The van der Waals surface area contributed by atoms with Gasteiger partial charge in [-0.3, -0.25) is 4.90 Å². The minimum Gasteiger partial charge on any atom is -0.479 e. The number of hydrogen-bond donors (Lipinski definition) is 2. The summed E-state index contributed by atoms with van der Waals surface area (Å²) >= 11 is 0. The Morgan fingerprint density at radius 3 is 2.30 bits per heavy atom. The van der Waals surface area contributed by atoms with Crippen molar-refractivity contribution >= 4 is 12.1 Å². The van der Waals surface area contributed by atoms with Gasteiger partial charge in [0.25, 0.3) is 0 Å². The second-order valence-electron chi connectivity index (χ2n) is 6.28. The predicted octanol–water partition coefficient (Wildman–Crippen LogP) is 2.52. The molecule has 1 saturated carbocycles. The molecule has 0 aromatic carbocycles. The van der Waals surface area contributed by atoms with E-state index in [2.05, 4.69) is 0 Å². The molecule has 0 aromatic rings. The highest BCUT2D eigenvalue weighted by atomic mass is 16.6. The SMILES string of the molecule is CC1(C)O[C@@H](C(=O)O)[C@H](CC2CCCCC2)N1C(=O)O. The van der Waals surface area contributed by atoms with E-state index in [0.29, 0.717) is 12.3 Å². The first-order valence-electron chi connectivity index (χ1n) is 7.26. The number of nitrogens with zero attached hydrogens (tertiary/aromatic N) is 1. The molecule has 0 bridgehead atoms. The molecule has 0 radical (unpaired) electrons. The highest BCUT2D eigenvalue weighted by Crippen LogP contribution is 2.38. The Balaban J connectivity index is 2.18. The molecule has 2 atom stereocenters. The summed E-state index contributed by atoms with van der Waals surface area (Å²) in [6.45, 7) is 3.22. The average Bonchev–Trinajstić information content (AvgIpc) is 2.62. The van der Waals surface area contributed by atoms with Crippen molar-refractivity contribution < 1.29 is 24.5 Å². The average molecular weight is 285 g/mol. The van der Waals surface area contributed by atoms with Crippen LogP contribution in [0, 0.1) is 5.92 Å². The Kier molecular flexibility index (Phi) is 4.22. The van der Waals surface area contributed by atoms with Crippen molar-refractivity contribution in [1.29, 1.82) is 0 Å². The summed E-state index contributed by atoms with van der Waals surface area (Å²) in [6.07, 6.45) is 4.01. The molecular formula is C14H23NO5. The molecule has 2 aliphatic rings. The normalized spacial score (nSPS) is 30.4. The molecule has 0 aromatic heterocycles. The van der Waals surface area contributed by atoms with Crippen LogP contribution in [0.1, 0.15) is 52.4 Å². The zero-order valence-corrected chi connectivity index (χ0v) is 12.0. The van der Waals surface area contributed by atoms with Crippen LogP contribution >= 0.6 is 0 Å². The number of carboxylic acids is 1. The van der Waals surface area contributed by atoms with Crippen molar-refractivity contribution in [2.24, 2.45) is 5.92 Å². The maximum absolute atomic E-state index is 11.5. The van der Waals surface area contributed by atoms with E-state index in [0.717, 1.165) is 25.7 Å². The van der Waals surface area contributed by atoms with Crippen LogP contribution in [0.15, 0.2) is 0 Å². The van der Waals surface area contributed by atoms with Crippen molar-refractivity contribution in [3.8, 4) is 0 Å². The monoisotopic (exact) mass is 285 g/mol. The lowest BCUT2D eigenvalue weighted by Crippen LogP contribution is -2.49. The van der Waals surface area contributed by atoms with Gasteiger partial charge in [-0.05, 0) is 26.2 Å². The Hall–Kier alpha value is -1.30. The van der Waals surface area contributed by atoms with Crippen molar-refractivity contribution in [1.82, 2.24) is 4.90 Å². The van der Waals surface area contributed by atoms with Crippen LogP contribution in [-0.2, 0) is 9.53 Å². The van der Waals surface area contributed by atoms with Gasteiger partial charge < -0.3 is 14.9 Å². The van der Waals surface area contributed by atoms with Gasteiger partial charge in [0.05, 0.1) is 6.04 Å². The Bertz CT molecular complexity index is 389. The molecule has 2 N–H and O–H groups in total. The van der Waals surface area contributed by atoms with Gasteiger partial charge >= 0.3 is 12.1 Å². The Morgan fingerprint density at radius 1 is 1.20 bits per heavy atom. The smallest absolute Gasteiger partial charge is 0.409 e. The molecule has 0 spiro atoms. The third-order valence-electron chi connectivity index (χ3n) is 4.43. The number of rotatable bonds is 3. The van der Waals surface area contributed by atoms with Crippen LogP contribution in [0.2, 0.25) is 0 Å². The molecule has 20 heavy (non-hydrogen) atoms. The van der Waals surface area contributed by atoms with Gasteiger partial charge in [0.15, 0.2) is 6.10 Å². The first kappa shape index (κ1) is 15.1. The molecule has 0 unspecified atom stereocenters. The van der Waals surface area contributed by atoms with Crippen LogP contribution in [-0.4, -0.2) is 45.0 Å². The second kappa shape index (κ2) is 5.60. The van der Waals surface area contributed by atoms with Gasteiger partial charge in [0.2, 0.25) is 0 Å². The van der Waals surface area contributed by atoms with Crippen LogP contribution in [0.5, 0.6) is 0 Å². The Morgan fingerprint density at radius 2 is 1.80 bits per heavy atom. The lowest BCUT2D eigenvalue weighted by atomic mass is 9.83. The van der Waals surface area contributed by atoms with Crippen LogP contribution in [0.25, 0.3) is 0 Å². The van der Waals surface area contributed by atoms with E-state index in [1.54, 1.807) is 13.8 Å². The molecule has 6 nitrogen and oxygen atoms in total. The van der Waals surface area contributed by atoms with Gasteiger partial charge in [-0.1, -0.05) is 32.1 Å². The van der Waals surface area contributed by atoms with E-state index in [1.807, 2.05) is 0 Å². The van der Waals surface area contributed by atoms with Gasteiger partial charge in [-0.15, -0.1) is 0 Å². The van der Waals surface area contributed by atoms with Gasteiger partial charge in [0, 0.05) is 0 Å². The molecule has 1 amide bonds. The first-order chi connectivity index (χ1) is 9.33. The lowest BCUT2D eigenvalue weighted by molar-refractivity contribution is -0.155. The molecule has 1 aliphatic carbocycles. The quantitative estimate of drug-likeness (QED) is 0.832. The summed E-state index contributed by atoms with van der Waals surface area (Å²) in [7, 11) is 0. The van der Waals surface area contributed by atoms with Crippen molar-refractivity contribution in [3.05, 3.63) is 0 Å². The van der Waals surface area contributed by atoms with E-state index >= 15 is 0 Å². The van der Waals surface area contributed by atoms with Crippen LogP contribution < -0.4 is 0 Å². The van der Waals surface area contributed by atoms with E-state index < -0.39 is 29.9 Å². The van der Waals surface area contributed by atoms with Crippen molar-refractivity contribution in [2.75, 3.05) is 0 Å². The summed E-state index contributed by atoms with van der Waals surface area (Å²) in [4.78, 5) is 24.0. The number of aliphatic carboxylic acids is 1. The van der Waals surface area contributed by atoms with Crippen LogP contribution in [0.3, 0.4) is 0 Å². The zero-order valence-electron chi connectivity index (χ0n) is 12.0. The van der Waals surface area contributed by atoms with Gasteiger partial charge in [-0.2, -0.15) is 0 Å². The molecule has 6 heteroatoms. The maximum atomic E-state index is 11.5. The number of hydrogen-bond acceptors (Lipinski definition) is 3. The van der Waals surface area contributed by atoms with Crippen molar-refractivity contribution in [2.45, 2.75) is 70.2 Å². The fourth-order valence-corrected chi connectivity index (χ4v) is 3.56. The highest BCUT2D eigenvalue weighted by molar-refractivity contribution is 5.76. The van der Waals surface area contributed by atoms with E-state index in [-0.39, 0.29) is 0 Å². The molecule has 1 saturated heterocycles. The third-order valence-corrected chi connectivity index (χ3v) is 4.43. The second-order valence-corrected chi connectivity index (χ2v) is 6.28. The van der Waals surface area contributed by atoms with E-state index in [4.69, 9.17) is 4.74 Å². The molecule has 1 aliphatic heterocycles. The number of amides is 1. The summed E-state index contributed by atoms with van der Waals surface area (Å²) in [5.41, 5.74) is -1.09. The fraction of sp³-hybridized carbons (Fsp3) is 0.857. The maximum Gasteiger partial charge on any atom is 0.409 e. The molecule has 2 fully saturated rings. The predicted molar refractivity (Wildman–Crippen MR) is 71.4 cm³/mol. The molecular weight excluding hydrogens is 262 g/mol. The topological polar surface area (TPSA) is 87.1 Å². The largest absolute Gasteiger partial charge is 0.479 e. The van der Waals surface area contributed by atoms with Crippen LogP contribution in [0.4, 0.5) is 4.79 Å². The summed E-state index contributed by atoms with van der Waals surface area (Å²) < 4.78 is 5.48. The number of ether oxygens (including phenoxy) is 1. The number of carboxylic acid groups (broad SMARTS) is 2. The number of carbonyl (C=O) groups is 2. The molecule has 1 heterocycles. The van der Waals surface area contributed by atoms with E-state index in [9.17, 15) is 19.8 Å². The third kappa shape index (κ3) is 2.90. The minimum atomic E-state index is -1.11. The van der Waals surface area contributed by atoms with E-state index in [1.165, 1.54) is 11.3 Å². The van der Waals surface area contributed by atoms with Gasteiger partial charge in [-0.25, -0.2) is 9.59 Å².